The molecular formula is C25H27NO5S. The highest BCUT2D eigenvalue weighted by Crippen LogP contribution is 2.34. The molecule has 6 nitrogen and oxygen atoms in total. The SMILES string of the molecule is COC(=O)C1c2ccc(OCc3cc4ccccc4s3)cc2CCN1C(=O)OCC(C)C. The first-order valence-corrected chi connectivity index (χ1v) is 11.5. The highest BCUT2D eigenvalue weighted by Gasteiger charge is 2.37. The Hall–Kier alpha value is -3.06. The molecule has 1 aliphatic rings. The van der Waals surface area contributed by atoms with Gasteiger partial charge in [-0.25, -0.2) is 9.59 Å². The van der Waals surface area contributed by atoms with Crippen LogP contribution < -0.4 is 4.74 Å². The highest BCUT2D eigenvalue weighted by molar-refractivity contribution is 7.19. The fraction of sp³-hybridized carbons (Fsp3) is 0.360. The lowest BCUT2D eigenvalue weighted by Gasteiger charge is -2.35. The van der Waals surface area contributed by atoms with E-state index in [9.17, 15) is 9.59 Å². The summed E-state index contributed by atoms with van der Waals surface area (Å²) in [6.07, 6.45) is 0.115. The molecule has 0 saturated heterocycles. The number of benzene rings is 2. The zero-order valence-electron chi connectivity index (χ0n) is 18.5. The van der Waals surface area contributed by atoms with Crippen molar-refractivity contribution in [3.8, 4) is 5.75 Å². The van der Waals surface area contributed by atoms with Gasteiger partial charge in [0.15, 0.2) is 6.04 Å². The van der Waals surface area contributed by atoms with Crippen molar-refractivity contribution in [2.45, 2.75) is 32.9 Å². The Labute approximate surface area is 191 Å². The predicted octanol–water partition coefficient (Wildman–Crippen LogP) is 5.35. The van der Waals surface area contributed by atoms with Gasteiger partial charge in [-0.2, -0.15) is 0 Å². The number of rotatable bonds is 6. The van der Waals surface area contributed by atoms with E-state index in [2.05, 4.69) is 18.2 Å². The number of thiophene rings is 1. The topological polar surface area (TPSA) is 65.1 Å². The number of carbonyl (C=O) groups excluding carboxylic acids is 2. The summed E-state index contributed by atoms with van der Waals surface area (Å²) in [6.45, 7) is 5.10. The van der Waals surface area contributed by atoms with Gasteiger partial charge in [0.25, 0.3) is 0 Å². The van der Waals surface area contributed by atoms with Crippen molar-refractivity contribution in [2.24, 2.45) is 5.92 Å². The first-order chi connectivity index (χ1) is 15.5. The molecule has 0 radical (unpaired) electrons. The molecule has 0 aliphatic carbocycles. The number of esters is 1. The van der Waals surface area contributed by atoms with E-state index in [0.717, 1.165) is 21.8 Å². The standard InChI is InChI=1S/C25H27NO5S/c1-16(2)14-31-25(28)26-11-10-17-12-19(8-9-21(17)23(26)24(27)29-3)30-15-20-13-18-6-4-5-7-22(18)32-20/h4-9,12-13,16,23H,10-11,14-15H2,1-3H3. The Morgan fingerprint density at radius 1 is 1.16 bits per heavy atom. The van der Waals surface area contributed by atoms with Crippen molar-refractivity contribution in [3.05, 3.63) is 64.5 Å². The zero-order valence-corrected chi connectivity index (χ0v) is 19.3. The maximum atomic E-state index is 12.6. The lowest BCUT2D eigenvalue weighted by atomic mass is 9.92. The monoisotopic (exact) mass is 453 g/mol. The van der Waals surface area contributed by atoms with E-state index in [1.54, 1.807) is 11.3 Å². The van der Waals surface area contributed by atoms with Crippen LogP contribution in [0.1, 0.15) is 35.9 Å². The third-order valence-electron chi connectivity index (χ3n) is 5.40. The Morgan fingerprint density at radius 3 is 2.72 bits per heavy atom. The minimum absolute atomic E-state index is 0.216. The number of carbonyl (C=O) groups is 2. The van der Waals surface area contributed by atoms with Crippen LogP contribution in [0, 0.1) is 5.92 Å². The van der Waals surface area contributed by atoms with Gasteiger partial charge in [0.2, 0.25) is 0 Å². The maximum Gasteiger partial charge on any atom is 0.410 e. The molecule has 3 aromatic rings. The smallest absolute Gasteiger partial charge is 0.410 e. The van der Waals surface area contributed by atoms with Gasteiger partial charge >= 0.3 is 12.1 Å². The number of methoxy groups -OCH3 is 1. The van der Waals surface area contributed by atoms with Gasteiger partial charge in [-0.15, -0.1) is 11.3 Å². The molecule has 7 heteroatoms. The fourth-order valence-electron chi connectivity index (χ4n) is 3.84. The van der Waals surface area contributed by atoms with Crippen LogP contribution in [0.2, 0.25) is 0 Å². The van der Waals surface area contributed by atoms with E-state index < -0.39 is 18.1 Å². The third-order valence-corrected chi connectivity index (χ3v) is 6.49. The Kier molecular flexibility index (Phi) is 6.65. The molecule has 1 atom stereocenters. The van der Waals surface area contributed by atoms with Crippen LogP contribution in [0.25, 0.3) is 10.1 Å². The second-order valence-corrected chi connectivity index (χ2v) is 9.41. The van der Waals surface area contributed by atoms with Crippen LogP contribution in [-0.4, -0.2) is 37.2 Å². The van der Waals surface area contributed by atoms with E-state index in [1.165, 1.54) is 22.1 Å². The number of amides is 1. The minimum Gasteiger partial charge on any atom is -0.488 e. The molecule has 1 aromatic heterocycles. The Balaban J connectivity index is 1.51. The summed E-state index contributed by atoms with van der Waals surface area (Å²) < 4.78 is 17.6. The molecule has 1 unspecified atom stereocenters. The summed E-state index contributed by atoms with van der Waals surface area (Å²) in [6, 6.07) is 15.2. The van der Waals surface area contributed by atoms with E-state index >= 15 is 0 Å². The fourth-order valence-corrected chi connectivity index (χ4v) is 4.82. The Morgan fingerprint density at radius 2 is 1.97 bits per heavy atom. The van der Waals surface area contributed by atoms with E-state index in [-0.39, 0.29) is 5.92 Å². The van der Waals surface area contributed by atoms with Crippen LogP contribution in [-0.2, 0) is 27.3 Å². The molecule has 1 amide bonds. The summed E-state index contributed by atoms with van der Waals surface area (Å²) in [7, 11) is 1.33. The molecule has 4 rings (SSSR count). The van der Waals surface area contributed by atoms with Gasteiger partial charge in [0.1, 0.15) is 12.4 Å². The predicted molar refractivity (Wildman–Crippen MR) is 124 cm³/mol. The molecule has 0 spiro atoms. The third kappa shape index (κ3) is 4.72. The van der Waals surface area contributed by atoms with Crippen molar-refractivity contribution in [1.29, 1.82) is 0 Å². The van der Waals surface area contributed by atoms with E-state index in [4.69, 9.17) is 14.2 Å². The molecule has 168 valence electrons. The van der Waals surface area contributed by atoms with Crippen molar-refractivity contribution < 1.29 is 23.8 Å². The molecule has 2 aromatic carbocycles. The second-order valence-electron chi connectivity index (χ2n) is 8.24. The van der Waals surface area contributed by atoms with Crippen LogP contribution in [0.15, 0.2) is 48.5 Å². The first kappa shape index (κ1) is 22.1. The van der Waals surface area contributed by atoms with E-state index in [0.29, 0.717) is 26.2 Å². The maximum absolute atomic E-state index is 12.6. The summed E-state index contributed by atoms with van der Waals surface area (Å²) >= 11 is 1.72. The van der Waals surface area contributed by atoms with Crippen molar-refractivity contribution in [1.82, 2.24) is 4.90 Å². The number of hydrogen-bond donors (Lipinski definition) is 0. The Bertz CT molecular complexity index is 1090. The van der Waals surface area contributed by atoms with Gasteiger partial charge in [-0.1, -0.05) is 38.1 Å². The summed E-state index contributed by atoms with van der Waals surface area (Å²) in [5.41, 5.74) is 1.72. The first-order valence-electron chi connectivity index (χ1n) is 10.7. The number of nitrogens with zero attached hydrogens (tertiary/aromatic N) is 1. The zero-order chi connectivity index (χ0) is 22.7. The molecule has 0 bridgehead atoms. The van der Waals surface area contributed by atoms with Crippen LogP contribution >= 0.6 is 11.3 Å². The van der Waals surface area contributed by atoms with Crippen LogP contribution in [0.4, 0.5) is 4.79 Å². The molecule has 0 N–H and O–H groups in total. The number of fused-ring (bicyclic) bond motifs is 2. The molecule has 1 aliphatic heterocycles. The highest BCUT2D eigenvalue weighted by atomic mass is 32.1. The summed E-state index contributed by atoms with van der Waals surface area (Å²) in [4.78, 5) is 27.8. The average molecular weight is 454 g/mol. The number of hydrogen-bond acceptors (Lipinski definition) is 6. The van der Waals surface area contributed by atoms with Gasteiger partial charge in [0.05, 0.1) is 13.7 Å². The normalized spacial score (nSPS) is 15.5. The summed E-state index contributed by atoms with van der Waals surface area (Å²) in [5, 5.41) is 1.21. The quantitative estimate of drug-likeness (QED) is 0.471. The molecule has 32 heavy (non-hydrogen) atoms. The van der Waals surface area contributed by atoms with Gasteiger partial charge < -0.3 is 14.2 Å². The molecular weight excluding hydrogens is 426 g/mol. The molecule has 0 saturated carbocycles. The molecule has 2 heterocycles. The van der Waals surface area contributed by atoms with Crippen molar-refractivity contribution in [3.63, 3.8) is 0 Å². The lowest BCUT2D eigenvalue weighted by Crippen LogP contribution is -2.44. The van der Waals surface area contributed by atoms with Gasteiger partial charge in [-0.3, -0.25) is 4.90 Å². The van der Waals surface area contributed by atoms with Gasteiger partial charge in [-0.05, 0) is 53.1 Å². The summed E-state index contributed by atoms with van der Waals surface area (Å²) in [5.74, 6) is 0.472. The number of ether oxygens (including phenoxy) is 3. The largest absolute Gasteiger partial charge is 0.488 e. The second kappa shape index (κ2) is 9.61. The lowest BCUT2D eigenvalue weighted by molar-refractivity contribution is -0.147. The minimum atomic E-state index is -0.819. The van der Waals surface area contributed by atoms with E-state index in [1.807, 2.05) is 44.2 Å². The molecule has 0 fully saturated rings. The average Bonchev–Trinajstić information content (AvgIpc) is 3.22. The van der Waals surface area contributed by atoms with Crippen LogP contribution in [0.3, 0.4) is 0 Å². The van der Waals surface area contributed by atoms with Crippen LogP contribution in [0.5, 0.6) is 5.75 Å². The van der Waals surface area contributed by atoms with Gasteiger partial charge in [0, 0.05) is 16.1 Å². The van der Waals surface area contributed by atoms with Crippen molar-refractivity contribution in [2.75, 3.05) is 20.3 Å². The van der Waals surface area contributed by atoms with Crippen molar-refractivity contribution >= 4 is 33.5 Å².